The van der Waals surface area contributed by atoms with Crippen LogP contribution in [0.15, 0.2) is 72.9 Å². The van der Waals surface area contributed by atoms with E-state index in [4.69, 9.17) is 4.98 Å². The van der Waals surface area contributed by atoms with E-state index in [2.05, 4.69) is 53.2 Å². The predicted molar refractivity (Wildman–Crippen MR) is 122 cm³/mol. The van der Waals surface area contributed by atoms with E-state index >= 15 is 0 Å². The smallest absolute Gasteiger partial charge is 0.0997 e. The molecule has 152 valence electrons. The van der Waals surface area contributed by atoms with Crippen LogP contribution in [0.2, 0.25) is 0 Å². The summed E-state index contributed by atoms with van der Waals surface area (Å²) in [6.07, 6.45) is 3.16. The van der Waals surface area contributed by atoms with E-state index in [0.29, 0.717) is 12.8 Å². The van der Waals surface area contributed by atoms with E-state index in [0.717, 1.165) is 45.5 Å². The third-order valence-corrected chi connectivity index (χ3v) is 5.40. The first-order valence-electron chi connectivity index (χ1n) is 10.4. The fourth-order valence-corrected chi connectivity index (χ4v) is 3.66. The summed E-state index contributed by atoms with van der Waals surface area (Å²) in [6.45, 7) is 4.44. The zero-order chi connectivity index (χ0) is 21.1. The van der Waals surface area contributed by atoms with Crippen molar-refractivity contribution in [2.75, 3.05) is 0 Å². The minimum absolute atomic E-state index is 0.647. The van der Waals surface area contributed by atoms with Crippen molar-refractivity contribution in [1.82, 2.24) is 9.97 Å². The number of aliphatic hydroxyl groups is 1. The van der Waals surface area contributed by atoms with E-state index in [1.54, 1.807) is 0 Å². The lowest BCUT2D eigenvalue weighted by atomic mass is 9.95. The van der Waals surface area contributed by atoms with Crippen molar-refractivity contribution in [3.63, 3.8) is 0 Å². The van der Waals surface area contributed by atoms with Crippen LogP contribution in [0.4, 0.5) is 0 Å². The predicted octanol–water partition coefficient (Wildman–Crippen LogP) is 4.41. The molecule has 4 nitrogen and oxygen atoms in total. The quantitative estimate of drug-likeness (QED) is 0.505. The van der Waals surface area contributed by atoms with Crippen LogP contribution in [-0.4, -0.2) is 20.7 Å². The summed E-state index contributed by atoms with van der Waals surface area (Å²) < 4.78 is 0. The van der Waals surface area contributed by atoms with Crippen LogP contribution < -0.4 is 5.73 Å². The van der Waals surface area contributed by atoms with Crippen molar-refractivity contribution >= 4 is 10.9 Å². The summed E-state index contributed by atoms with van der Waals surface area (Å²) >= 11 is 0. The van der Waals surface area contributed by atoms with Gasteiger partial charge in [-0.1, -0.05) is 54.6 Å². The normalized spacial score (nSPS) is 11.7. The van der Waals surface area contributed by atoms with Gasteiger partial charge in [0.2, 0.25) is 0 Å². The van der Waals surface area contributed by atoms with Gasteiger partial charge in [0.1, 0.15) is 0 Å². The highest BCUT2D eigenvalue weighted by Gasteiger charge is 2.17. The van der Waals surface area contributed by atoms with Gasteiger partial charge in [0.05, 0.1) is 23.4 Å². The van der Waals surface area contributed by atoms with E-state index in [9.17, 15) is 5.11 Å². The number of benzene rings is 2. The van der Waals surface area contributed by atoms with Gasteiger partial charge < -0.3 is 10.8 Å². The minimum Gasteiger partial charge on any atom is -0.390 e. The Labute approximate surface area is 177 Å². The maximum atomic E-state index is 10.2. The fourth-order valence-electron chi connectivity index (χ4n) is 3.66. The largest absolute Gasteiger partial charge is 0.390 e. The molecule has 0 aliphatic carbocycles. The average molecular weight is 399 g/mol. The molecule has 4 heteroatoms. The molecule has 0 unspecified atom stereocenters. The molecule has 0 aliphatic heterocycles. The molecule has 4 N–H and O–H groups in total. The molecule has 0 bridgehead atoms. The number of pyridine rings is 2. The number of quaternary nitrogens is 1. The van der Waals surface area contributed by atoms with Crippen molar-refractivity contribution < 1.29 is 10.8 Å². The highest BCUT2D eigenvalue weighted by molar-refractivity contribution is 5.92. The lowest BCUT2D eigenvalue weighted by molar-refractivity contribution is -0.386. The third kappa shape index (κ3) is 4.40. The molecule has 0 radical (unpaired) electrons. The second kappa shape index (κ2) is 8.34. The van der Waals surface area contributed by atoms with E-state index in [1.165, 1.54) is 5.56 Å². The van der Waals surface area contributed by atoms with Crippen molar-refractivity contribution in [3.8, 4) is 22.4 Å². The molecule has 4 aromatic rings. The molecular formula is C26H28N3O+. The number of rotatable bonds is 6. The van der Waals surface area contributed by atoms with Crippen LogP contribution >= 0.6 is 0 Å². The van der Waals surface area contributed by atoms with Crippen LogP contribution in [0.25, 0.3) is 33.3 Å². The average Bonchev–Trinajstić information content (AvgIpc) is 2.77. The first-order valence-corrected chi connectivity index (χ1v) is 10.4. The Bertz CT molecular complexity index is 1150. The summed E-state index contributed by atoms with van der Waals surface area (Å²) in [5.41, 5.74) is 10.6. The number of nitrogens with zero attached hydrogens (tertiary/aromatic N) is 2. The van der Waals surface area contributed by atoms with Gasteiger partial charge in [-0.25, -0.2) is 4.98 Å². The molecule has 0 saturated carbocycles. The van der Waals surface area contributed by atoms with Crippen LogP contribution in [0, 0.1) is 0 Å². The Hall–Kier alpha value is -3.08. The van der Waals surface area contributed by atoms with Crippen molar-refractivity contribution in [2.24, 2.45) is 0 Å². The molecule has 0 fully saturated rings. The number of aryl methyl sites for hydroxylation is 1. The molecule has 0 aliphatic rings. The molecule has 2 heterocycles. The maximum Gasteiger partial charge on any atom is 0.0997 e. The second-order valence-electron chi connectivity index (χ2n) is 8.33. The highest BCUT2D eigenvalue weighted by Crippen LogP contribution is 2.34. The summed E-state index contributed by atoms with van der Waals surface area (Å²) in [5.74, 6) is 0. The number of aromatic nitrogens is 2. The highest BCUT2D eigenvalue weighted by atomic mass is 16.3. The van der Waals surface area contributed by atoms with Crippen molar-refractivity contribution in [1.29, 1.82) is 0 Å². The summed E-state index contributed by atoms with van der Waals surface area (Å²) in [4.78, 5) is 9.68. The first kappa shape index (κ1) is 20.2. The van der Waals surface area contributed by atoms with Crippen LogP contribution in [-0.2, 0) is 13.0 Å². The van der Waals surface area contributed by atoms with Gasteiger partial charge in [0.25, 0.3) is 0 Å². The van der Waals surface area contributed by atoms with Crippen LogP contribution in [0.5, 0.6) is 0 Å². The topological polar surface area (TPSA) is 73.7 Å². The summed E-state index contributed by atoms with van der Waals surface area (Å²) in [7, 11) is 0. The minimum atomic E-state index is -0.727. The molecule has 0 saturated heterocycles. The molecule has 4 rings (SSSR count). The maximum absolute atomic E-state index is 10.2. The first-order chi connectivity index (χ1) is 14.4. The van der Waals surface area contributed by atoms with E-state index < -0.39 is 5.60 Å². The van der Waals surface area contributed by atoms with Gasteiger partial charge in [-0.3, -0.25) is 4.98 Å². The zero-order valence-electron chi connectivity index (χ0n) is 17.6. The second-order valence-corrected chi connectivity index (χ2v) is 8.33. The lowest BCUT2D eigenvalue weighted by Crippen LogP contribution is -2.47. The Morgan fingerprint density at radius 3 is 2.33 bits per heavy atom. The van der Waals surface area contributed by atoms with Crippen LogP contribution in [0.1, 0.15) is 31.5 Å². The number of hydrogen-bond acceptors (Lipinski definition) is 3. The van der Waals surface area contributed by atoms with Gasteiger partial charge in [0, 0.05) is 34.0 Å². The fraction of sp³-hybridized carbons (Fsp3) is 0.231. The van der Waals surface area contributed by atoms with E-state index in [1.807, 2.05) is 44.3 Å². The zero-order valence-corrected chi connectivity index (χ0v) is 17.6. The Balaban J connectivity index is 1.90. The van der Waals surface area contributed by atoms with Crippen molar-refractivity contribution in [2.45, 2.75) is 38.8 Å². The molecule has 2 aromatic heterocycles. The SMILES string of the molecule is CC(C)(O)CCc1nccc2nc(-c3ccc(C[NH3+])cc3)c(-c3ccccc3)cc12. The van der Waals surface area contributed by atoms with Crippen LogP contribution in [0.3, 0.4) is 0 Å². The Kier molecular flexibility index (Phi) is 5.62. The summed E-state index contributed by atoms with van der Waals surface area (Å²) in [6, 6.07) is 23.0. The molecular weight excluding hydrogens is 370 g/mol. The third-order valence-electron chi connectivity index (χ3n) is 5.40. The standard InChI is InChI=1S/C26H27N3O/c1-26(2,30)14-12-23-22-16-21(19-6-4-3-5-7-19)25(29-24(22)13-15-28-23)20-10-8-18(17-27)9-11-20/h3-11,13,15-16,30H,12,14,17,27H2,1-2H3/p+1. The molecule has 30 heavy (non-hydrogen) atoms. The number of fused-ring (bicyclic) bond motifs is 1. The van der Waals surface area contributed by atoms with E-state index in [-0.39, 0.29) is 0 Å². The van der Waals surface area contributed by atoms with Gasteiger partial charge in [0.15, 0.2) is 0 Å². The van der Waals surface area contributed by atoms with Gasteiger partial charge in [-0.2, -0.15) is 0 Å². The van der Waals surface area contributed by atoms with Crippen molar-refractivity contribution in [3.05, 3.63) is 84.2 Å². The lowest BCUT2D eigenvalue weighted by Gasteiger charge is -2.17. The molecule has 0 spiro atoms. The molecule has 2 aromatic carbocycles. The van der Waals surface area contributed by atoms with Gasteiger partial charge in [-0.05, 0) is 44.4 Å². The van der Waals surface area contributed by atoms with Gasteiger partial charge >= 0.3 is 0 Å². The number of hydrogen-bond donors (Lipinski definition) is 2. The Morgan fingerprint density at radius 2 is 1.67 bits per heavy atom. The Morgan fingerprint density at radius 1 is 0.933 bits per heavy atom. The summed E-state index contributed by atoms with van der Waals surface area (Å²) in [5, 5.41) is 11.2. The van der Waals surface area contributed by atoms with Gasteiger partial charge in [-0.15, -0.1) is 0 Å². The monoisotopic (exact) mass is 398 g/mol. The molecule has 0 amide bonds. The molecule has 0 atom stereocenters.